The van der Waals surface area contributed by atoms with Crippen molar-refractivity contribution < 1.29 is 19.1 Å². The summed E-state index contributed by atoms with van der Waals surface area (Å²) in [5.74, 6) is -1.18. The maximum absolute atomic E-state index is 12.9. The Bertz CT molecular complexity index is 1550. The van der Waals surface area contributed by atoms with Crippen molar-refractivity contribution in [2.45, 2.75) is 0 Å². The van der Waals surface area contributed by atoms with Gasteiger partial charge in [-0.25, -0.2) is 10.2 Å². The lowest BCUT2D eigenvalue weighted by atomic mass is 10.1. The number of nitrogens with zero attached hydrogens (tertiary/aromatic N) is 1. The predicted molar refractivity (Wildman–Crippen MR) is 159 cm³/mol. The summed E-state index contributed by atoms with van der Waals surface area (Å²) >= 11 is 6.73. The van der Waals surface area contributed by atoms with Crippen LogP contribution in [0.15, 0.2) is 117 Å². The monoisotopic (exact) mass is 645 g/mol. The summed E-state index contributed by atoms with van der Waals surface area (Å²) in [6, 6.07) is 27.9. The fraction of sp³-hybridized carbons (Fsp3) is 0. The zero-order valence-electron chi connectivity index (χ0n) is 20.3. The average molecular weight is 647 g/mol. The standard InChI is InChI=1S/C30H21Br2N3O4/c31-23-13-11-21(12-14-23)29(37)34-26-9-5-4-8-25(26)30(38)35-33-19-22-18-24(32)15-16-27(22)39-28(36)17-10-20-6-2-1-3-7-20/h1-19H,(H,34,37)(H,35,38)/b17-10+,33-19-. The Morgan fingerprint density at radius 1 is 0.769 bits per heavy atom. The summed E-state index contributed by atoms with van der Waals surface area (Å²) in [5, 5.41) is 6.80. The topological polar surface area (TPSA) is 96.9 Å². The van der Waals surface area contributed by atoms with Gasteiger partial charge in [-0.3, -0.25) is 9.59 Å². The van der Waals surface area contributed by atoms with E-state index in [9.17, 15) is 14.4 Å². The minimum atomic E-state index is -0.560. The van der Waals surface area contributed by atoms with Crippen LogP contribution in [-0.2, 0) is 4.79 Å². The molecule has 2 amide bonds. The largest absolute Gasteiger partial charge is 0.423 e. The number of halogens is 2. The molecule has 7 nitrogen and oxygen atoms in total. The van der Waals surface area contributed by atoms with Gasteiger partial charge in [-0.1, -0.05) is 74.3 Å². The molecular weight excluding hydrogens is 626 g/mol. The average Bonchev–Trinajstić information content (AvgIpc) is 2.94. The number of anilines is 1. The molecule has 0 unspecified atom stereocenters. The minimum Gasteiger partial charge on any atom is -0.423 e. The van der Waals surface area contributed by atoms with Crippen molar-refractivity contribution in [2.24, 2.45) is 5.10 Å². The van der Waals surface area contributed by atoms with Gasteiger partial charge in [-0.2, -0.15) is 5.10 Å². The van der Waals surface area contributed by atoms with Crippen molar-refractivity contribution in [1.29, 1.82) is 0 Å². The molecule has 0 saturated heterocycles. The molecule has 0 radical (unpaired) electrons. The molecule has 0 atom stereocenters. The molecule has 0 bridgehead atoms. The zero-order chi connectivity index (χ0) is 27.6. The van der Waals surface area contributed by atoms with Crippen LogP contribution in [0.5, 0.6) is 5.75 Å². The Morgan fingerprint density at radius 3 is 2.23 bits per heavy atom. The van der Waals surface area contributed by atoms with Crippen LogP contribution in [-0.4, -0.2) is 24.0 Å². The number of amides is 2. The van der Waals surface area contributed by atoms with Crippen LogP contribution < -0.4 is 15.5 Å². The first-order valence-corrected chi connectivity index (χ1v) is 13.2. The Kier molecular flexibility index (Phi) is 9.55. The molecule has 0 aliphatic heterocycles. The normalized spacial score (nSPS) is 10.9. The van der Waals surface area contributed by atoms with E-state index in [0.717, 1.165) is 14.5 Å². The molecule has 4 aromatic rings. The second-order valence-corrected chi connectivity index (χ2v) is 9.88. The summed E-state index contributed by atoms with van der Waals surface area (Å²) in [7, 11) is 0. The van der Waals surface area contributed by atoms with Crippen LogP contribution in [0.4, 0.5) is 5.69 Å². The highest BCUT2D eigenvalue weighted by Gasteiger charge is 2.14. The van der Waals surface area contributed by atoms with Gasteiger partial charge in [0.15, 0.2) is 0 Å². The lowest BCUT2D eigenvalue weighted by molar-refractivity contribution is -0.128. The number of hydrazone groups is 1. The quantitative estimate of drug-likeness (QED) is 0.0720. The molecular formula is C30H21Br2N3O4. The van der Waals surface area contributed by atoms with Gasteiger partial charge in [0.1, 0.15) is 5.75 Å². The van der Waals surface area contributed by atoms with Gasteiger partial charge in [0.05, 0.1) is 17.5 Å². The first-order valence-electron chi connectivity index (χ1n) is 11.6. The zero-order valence-corrected chi connectivity index (χ0v) is 23.5. The number of esters is 1. The maximum atomic E-state index is 12.9. The van der Waals surface area contributed by atoms with Gasteiger partial charge in [0, 0.05) is 26.1 Å². The van der Waals surface area contributed by atoms with Crippen LogP contribution in [0, 0.1) is 0 Å². The smallest absolute Gasteiger partial charge is 0.336 e. The Morgan fingerprint density at radius 2 is 1.46 bits per heavy atom. The van der Waals surface area contributed by atoms with E-state index >= 15 is 0 Å². The van der Waals surface area contributed by atoms with E-state index in [1.54, 1.807) is 72.8 Å². The van der Waals surface area contributed by atoms with Crippen LogP contribution >= 0.6 is 31.9 Å². The maximum Gasteiger partial charge on any atom is 0.336 e. The Labute approximate surface area is 241 Å². The molecule has 2 N–H and O–H groups in total. The van der Waals surface area contributed by atoms with Crippen molar-refractivity contribution in [3.8, 4) is 5.75 Å². The number of carbonyl (C=O) groups excluding carboxylic acids is 3. The van der Waals surface area contributed by atoms with Gasteiger partial charge >= 0.3 is 5.97 Å². The van der Waals surface area contributed by atoms with Crippen molar-refractivity contribution in [3.05, 3.63) is 134 Å². The van der Waals surface area contributed by atoms with Crippen LogP contribution in [0.1, 0.15) is 31.8 Å². The molecule has 0 fully saturated rings. The number of ether oxygens (including phenoxy) is 1. The van der Waals surface area contributed by atoms with Crippen LogP contribution in [0.25, 0.3) is 6.08 Å². The second-order valence-electron chi connectivity index (χ2n) is 8.05. The molecule has 0 spiro atoms. The van der Waals surface area contributed by atoms with Gasteiger partial charge in [0.25, 0.3) is 11.8 Å². The number of para-hydroxylation sites is 1. The van der Waals surface area contributed by atoms with E-state index in [0.29, 0.717) is 16.8 Å². The summed E-state index contributed by atoms with van der Waals surface area (Å²) in [6.07, 6.45) is 4.36. The first-order chi connectivity index (χ1) is 18.9. The molecule has 0 heterocycles. The molecule has 194 valence electrons. The second kappa shape index (κ2) is 13.5. The van der Waals surface area contributed by atoms with E-state index in [1.165, 1.54) is 12.3 Å². The number of hydrogen-bond donors (Lipinski definition) is 2. The fourth-order valence-electron chi connectivity index (χ4n) is 3.39. The summed E-state index contributed by atoms with van der Waals surface area (Å²) in [5.41, 5.74) is 4.79. The molecule has 0 aromatic heterocycles. The molecule has 0 aliphatic rings. The number of nitrogens with one attached hydrogen (secondary N) is 2. The van der Waals surface area contributed by atoms with Crippen molar-refractivity contribution in [1.82, 2.24) is 5.43 Å². The van der Waals surface area contributed by atoms with E-state index in [-0.39, 0.29) is 17.2 Å². The SMILES string of the molecule is O=C(/C=C/c1ccccc1)Oc1ccc(Br)cc1/C=N\NC(=O)c1ccccc1NC(=O)c1ccc(Br)cc1. The first kappa shape index (κ1) is 27.7. The summed E-state index contributed by atoms with van der Waals surface area (Å²) in [6.45, 7) is 0. The molecule has 9 heteroatoms. The van der Waals surface area contributed by atoms with Crippen molar-refractivity contribution >= 4 is 67.6 Å². The van der Waals surface area contributed by atoms with E-state index in [2.05, 4.69) is 47.7 Å². The summed E-state index contributed by atoms with van der Waals surface area (Å²) in [4.78, 5) is 37.9. The molecule has 39 heavy (non-hydrogen) atoms. The van der Waals surface area contributed by atoms with E-state index in [1.807, 2.05) is 30.3 Å². The molecule has 4 rings (SSSR count). The van der Waals surface area contributed by atoms with Gasteiger partial charge in [-0.15, -0.1) is 0 Å². The van der Waals surface area contributed by atoms with Gasteiger partial charge < -0.3 is 10.1 Å². The molecule has 0 saturated carbocycles. The number of hydrogen-bond acceptors (Lipinski definition) is 5. The highest BCUT2D eigenvalue weighted by molar-refractivity contribution is 9.10. The number of benzene rings is 4. The minimum absolute atomic E-state index is 0.229. The van der Waals surface area contributed by atoms with Crippen molar-refractivity contribution in [3.63, 3.8) is 0 Å². The number of carbonyl (C=O) groups is 3. The van der Waals surface area contributed by atoms with E-state index in [4.69, 9.17) is 4.74 Å². The van der Waals surface area contributed by atoms with Crippen LogP contribution in [0.3, 0.4) is 0 Å². The highest BCUT2D eigenvalue weighted by atomic mass is 79.9. The van der Waals surface area contributed by atoms with Crippen LogP contribution in [0.2, 0.25) is 0 Å². The van der Waals surface area contributed by atoms with Gasteiger partial charge in [-0.05, 0) is 66.2 Å². The summed E-state index contributed by atoms with van der Waals surface area (Å²) < 4.78 is 7.06. The van der Waals surface area contributed by atoms with E-state index < -0.39 is 11.9 Å². The fourth-order valence-corrected chi connectivity index (χ4v) is 4.03. The molecule has 0 aliphatic carbocycles. The third-order valence-electron chi connectivity index (χ3n) is 5.29. The predicted octanol–water partition coefficient (Wildman–Crippen LogP) is 6.85. The Hall–Kier alpha value is -4.34. The lowest BCUT2D eigenvalue weighted by Crippen LogP contribution is -2.21. The lowest BCUT2D eigenvalue weighted by Gasteiger charge is -2.10. The van der Waals surface area contributed by atoms with Crippen molar-refractivity contribution in [2.75, 3.05) is 5.32 Å². The number of rotatable bonds is 8. The third kappa shape index (κ3) is 8.07. The highest BCUT2D eigenvalue weighted by Crippen LogP contribution is 2.22. The molecule has 4 aromatic carbocycles. The Balaban J connectivity index is 1.44. The van der Waals surface area contributed by atoms with Gasteiger partial charge in [0.2, 0.25) is 0 Å². The third-order valence-corrected chi connectivity index (χ3v) is 6.31.